The molecule has 2 rings (SSSR count). The highest BCUT2D eigenvalue weighted by Crippen LogP contribution is 2.24. The number of benzene rings is 1. The van der Waals surface area contributed by atoms with Crippen LogP contribution in [0.25, 0.3) is 0 Å². The molecule has 0 spiro atoms. The van der Waals surface area contributed by atoms with Gasteiger partial charge in [-0.1, -0.05) is 18.2 Å². The SMILES string of the molecule is CC(C)N(C)CCCNC(=O)C1Cc2ccccc2N1. The van der Waals surface area contributed by atoms with Crippen LogP contribution >= 0.6 is 0 Å². The van der Waals surface area contributed by atoms with Crippen molar-refractivity contribution in [1.29, 1.82) is 0 Å². The van der Waals surface area contributed by atoms with Gasteiger partial charge in [0.25, 0.3) is 0 Å². The van der Waals surface area contributed by atoms with Crippen LogP contribution in [0.3, 0.4) is 0 Å². The fourth-order valence-electron chi connectivity index (χ4n) is 2.38. The van der Waals surface area contributed by atoms with E-state index in [9.17, 15) is 4.79 Å². The summed E-state index contributed by atoms with van der Waals surface area (Å²) in [6.07, 6.45) is 1.77. The predicted octanol–water partition coefficient (Wildman–Crippen LogP) is 1.87. The quantitative estimate of drug-likeness (QED) is 0.779. The van der Waals surface area contributed by atoms with Crippen LogP contribution in [-0.2, 0) is 11.2 Å². The Hall–Kier alpha value is -1.55. The standard InChI is InChI=1S/C16H25N3O/c1-12(2)19(3)10-6-9-17-16(20)15-11-13-7-4-5-8-14(13)18-15/h4-5,7-8,12,15,18H,6,9-11H2,1-3H3,(H,17,20). The van der Waals surface area contributed by atoms with Crippen LogP contribution in [-0.4, -0.2) is 43.0 Å². The van der Waals surface area contributed by atoms with Gasteiger partial charge in [-0.25, -0.2) is 0 Å². The van der Waals surface area contributed by atoms with Crippen LogP contribution in [0.2, 0.25) is 0 Å². The molecule has 4 nitrogen and oxygen atoms in total. The average molecular weight is 275 g/mol. The fourth-order valence-corrected chi connectivity index (χ4v) is 2.38. The monoisotopic (exact) mass is 275 g/mol. The van der Waals surface area contributed by atoms with E-state index in [0.29, 0.717) is 6.04 Å². The number of carbonyl (C=O) groups is 1. The largest absolute Gasteiger partial charge is 0.373 e. The van der Waals surface area contributed by atoms with Gasteiger partial charge in [-0.05, 0) is 45.5 Å². The molecule has 4 heteroatoms. The smallest absolute Gasteiger partial charge is 0.242 e. The third kappa shape index (κ3) is 3.73. The zero-order valence-corrected chi connectivity index (χ0v) is 12.6. The van der Waals surface area contributed by atoms with Gasteiger partial charge in [0.15, 0.2) is 0 Å². The lowest BCUT2D eigenvalue weighted by Gasteiger charge is -2.21. The predicted molar refractivity (Wildman–Crippen MR) is 82.9 cm³/mol. The molecule has 0 radical (unpaired) electrons. The van der Waals surface area contributed by atoms with Crippen LogP contribution in [0.5, 0.6) is 0 Å². The second-order valence-corrected chi connectivity index (χ2v) is 5.78. The first kappa shape index (κ1) is 14.9. The van der Waals surface area contributed by atoms with Crippen molar-refractivity contribution >= 4 is 11.6 Å². The van der Waals surface area contributed by atoms with Gasteiger partial charge < -0.3 is 15.5 Å². The van der Waals surface area contributed by atoms with Crippen molar-refractivity contribution in [3.05, 3.63) is 29.8 Å². The van der Waals surface area contributed by atoms with Gasteiger partial charge in [-0.2, -0.15) is 0 Å². The summed E-state index contributed by atoms with van der Waals surface area (Å²) < 4.78 is 0. The van der Waals surface area contributed by atoms with E-state index >= 15 is 0 Å². The Morgan fingerprint density at radius 3 is 2.90 bits per heavy atom. The summed E-state index contributed by atoms with van der Waals surface area (Å²) >= 11 is 0. The molecule has 0 bridgehead atoms. The summed E-state index contributed by atoms with van der Waals surface area (Å²) in [5.41, 5.74) is 2.32. The first-order valence-electron chi connectivity index (χ1n) is 7.40. The molecule has 1 aromatic carbocycles. The number of hydrogen-bond donors (Lipinski definition) is 2. The Morgan fingerprint density at radius 2 is 2.20 bits per heavy atom. The van der Waals surface area contributed by atoms with Crippen molar-refractivity contribution < 1.29 is 4.79 Å². The first-order valence-corrected chi connectivity index (χ1v) is 7.40. The summed E-state index contributed by atoms with van der Waals surface area (Å²) in [6, 6.07) is 8.55. The summed E-state index contributed by atoms with van der Waals surface area (Å²) in [4.78, 5) is 14.4. The zero-order valence-electron chi connectivity index (χ0n) is 12.6. The Balaban J connectivity index is 1.70. The van der Waals surface area contributed by atoms with Gasteiger partial charge >= 0.3 is 0 Å². The van der Waals surface area contributed by atoms with Crippen molar-refractivity contribution in [1.82, 2.24) is 10.2 Å². The van der Waals surface area contributed by atoms with Crippen molar-refractivity contribution in [3.8, 4) is 0 Å². The Labute approximate surface area is 121 Å². The number of fused-ring (bicyclic) bond motifs is 1. The van der Waals surface area contributed by atoms with E-state index in [4.69, 9.17) is 0 Å². The van der Waals surface area contributed by atoms with E-state index in [1.54, 1.807) is 0 Å². The fraction of sp³-hybridized carbons (Fsp3) is 0.562. The second kappa shape index (κ2) is 6.75. The van der Waals surface area contributed by atoms with Crippen LogP contribution in [0, 0.1) is 0 Å². The molecule has 1 aliphatic rings. The minimum atomic E-state index is -0.116. The number of anilines is 1. The molecule has 0 saturated heterocycles. The molecule has 110 valence electrons. The highest BCUT2D eigenvalue weighted by Gasteiger charge is 2.25. The molecule has 2 N–H and O–H groups in total. The third-order valence-electron chi connectivity index (χ3n) is 3.96. The van der Waals surface area contributed by atoms with Crippen molar-refractivity contribution in [3.63, 3.8) is 0 Å². The van der Waals surface area contributed by atoms with E-state index in [-0.39, 0.29) is 11.9 Å². The molecular formula is C16H25N3O. The highest BCUT2D eigenvalue weighted by molar-refractivity contribution is 5.87. The number of rotatable bonds is 6. The van der Waals surface area contributed by atoms with Crippen molar-refractivity contribution in [2.75, 3.05) is 25.5 Å². The normalized spacial score (nSPS) is 17.1. The lowest BCUT2D eigenvalue weighted by molar-refractivity contribution is -0.121. The maximum absolute atomic E-state index is 12.1. The third-order valence-corrected chi connectivity index (χ3v) is 3.96. The number of carbonyl (C=O) groups excluding carboxylic acids is 1. The Kier molecular flexibility index (Phi) is 5.01. The van der Waals surface area contributed by atoms with Crippen LogP contribution in [0.1, 0.15) is 25.8 Å². The van der Waals surface area contributed by atoms with Gasteiger partial charge in [0.05, 0.1) is 0 Å². The van der Waals surface area contributed by atoms with Crippen LogP contribution < -0.4 is 10.6 Å². The molecule has 1 heterocycles. The molecule has 1 atom stereocenters. The summed E-state index contributed by atoms with van der Waals surface area (Å²) in [6.45, 7) is 6.11. The van der Waals surface area contributed by atoms with Crippen molar-refractivity contribution in [2.45, 2.75) is 38.8 Å². The van der Waals surface area contributed by atoms with Gasteiger partial charge in [0.2, 0.25) is 5.91 Å². The number of hydrogen-bond acceptors (Lipinski definition) is 3. The van der Waals surface area contributed by atoms with E-state index in [1.807, 2.05) is 18.2 Å². The van der Waals surface area contributed by atoms with E-state index in [2.05, 4.69) is 42.5 Å². The van der Waals surface area contributed by atoms with Gasteiger partial charge in [0.1, 0.15) is 6.04 Å². The first-order chi connectivity index (χ1) is 9.58. The van der Waals surface area contributed by atoms with Gasteiger partial charge in [-0.15, -0.1) is 0 Å². The molecule has 1 amide bonds. The van der Waals surface area contributed by atoms with Crippen LogP contribution in [0.4, 0.5) is 5.69 Å². The van der Waals surface area contributed by atoms with E-state index in [0.717, 1.165) is 31.6 Å². The highest BCUT2D eigenvalue weighted by atomic mass is 16.2. The molecule has 20 heavy (non-hydrogen) atoms. The maximum atomic E-state index is 12.1. The number of amides is 1. The number of nitrogens with one attached hydrogen (secondary N) is 2. The molecule has 1 unspecified atom stereocenters. The maximum Gasteiger partial charge on any atom is 0.242 e. The molecule has 1 aromatic rings. The zero-order chi connectivity index (χ0) is 14.5. The van der Waals surface area contributed by atoms with E-state index in [1.165, 1.54) is 5.56 Å². The topological polar surface area (TPSA) is 44.4 Å². The molecule has 0 aliphatic carbocycles. The average Bonchev–Trinajstić information content (AvgIpc) is 2.86. The lowest BCUT2D eigenvalue weighted by Crippen LogP contribution is -2.39. The van der Waals surface area contributed by atoms with Crippen molar-refractivity contribution in [2.24, 2.45) is 0 Å². The Morgan fingerprint density at radius 1 is 1.45 bits per heavy atom. The summed E-state index contributed by atoms with van der Waals surface area (Å²) in [5, 5.41) is 6.31. The summed E-state index contributed by atoms with van der Waals surface area (Å²) in [5.74, 6) is 0.105. The molecule has 1 aliphatic heterocycles. The number of nitrogens with zero attached hydrogens (tertiary/aromatic N) is 1. The van der Waals surface area contributed by atoms with Crippen LogP contribution in [0.15, 0.2) is 24.3 Å². The molecular weight excluding hydrogens is 250 g/mol. The van der Waals surface area contributed by atoms with Gasteiger partial charge in [-0.3, -0.25) is 4.79 Å². The summed E-state index contributed by atoms with van der Waals surface area (Å²) in [7, 11) is 2.11. The lowest BCUT2D eigenvalue weighted by atomic mass is 10.1. The van der Waals surface area contributed by atoms with Gasteiger partial charge in [0, 0.05) is 24.7 Å². The molecule has 0 aromatic heterocycles. The van der Waals surface area contributed by atoms with E-state index < -0.39 is 0 Å². The Bertz CT molecular complexity index is 434. The molecule has 0 saturated carbocycles. The molecule has 0 fully saturated rings. The minimum absolute atomic E-state index is 0.105. The second-order valence-electron chi connectivity index (χ2n) is 5.78. The minimum Gasteiger partial charge on any atom is -0.373 e. The number of para-hydroxylation sites is 1.